The second-order valence-electron chi connectivity index (χ2n) is 8.24. The molecule has 1 atom stereocenters. The molecule has 5 nitrogen and oxygen atoms in total. The summed E-state index contributed by atoms with van der Waals surface area (Å²) in [6, 6.07) is 0. The predicted octanol–water partition coefficient (Wildman–Crippen LogP) is 2.42. The lowest BCUT2D eigenvalue weighted by molar-refractivity contribution is -0.168. The van der Waals surface area contributed by atoms with E-state index in [0.717, 1.165) is 57.3 Å². The molecule has 0 radical (unpaired) electrons. The van der Waals surface area contributed by atoms with Crippen molar-refractivity contribution in [1.29, 1.82) is 0 Å². The first-order chi connectivity index (χ1) is 11.7. The van der Waals surface area contributed by atoms with Crippen molar-refractivity contribution in [3.8, 4) is 0 Å². The van der Waals surface area contributed by atoms with Crippen LogP contribution in [0.1, 0.15) is 50.8 Å². The first-order valence-electron chi connectivity index (χ1n) is 9.64. The quantitative estimate of drug-likeness (QED) is 0.796. The summed E-state index contributed by atoms with van der Waals surface area (Å²) in [4.78, 5) is 21.9. The van der Waals surface area contributed by atoms with Gasteiger partial charge in [-0.15, -0.1) is 0 Å². The molecule has 3 fully saturated rings. The van der Waals surface area contributed by atoms with Gasteiger partial charge in [-0.3, -0.25) is 9.69 Å². The van der Waals surface area contributed by atoms with Gasteiger partial charge in [-0.1, -0.05) is 19.3 Å². The molecule has 1 aromatic rings. The summed E-state index contributed by atoms with van der Waals surface area (Å²) in [7, 11) is 2.04. The van der Waals surface area contributed by atoms with Gasteiger partial charge in [0.2, 0.25) is 5.91 Å². The molecule has 132 valence electrons. The van der Waals surface area contributed by atoms with Crippen molar-refractivity contribution in [2.24, 2.45) is 18.4 Å². The fraction of sp³-hybridized carbons (Fsp3) is 0.789. The Kier molecular flexibility index (Phi) is 4.37. The number of piperidine rings is 1. The van der Waals surface area contributed by atoms with Crippen LogP contribution in [0.4, 0.5) is 0 Å². The highest BCUT2D eigenvalue weighted by molar-refractivity contribution is 5.89. The van der Waals surface area contributed by atoms with Crippen molar-refractivity contribution in [2.75, 3.05) is 26.2 Å². The summed E-state index contributed by atoms with van der Waals surface area (Å²) >= 11 is 0. The molecule has 0 bridgehead atoms. The lowest BCUT2D eigenvalue weighted by atomic mass is 9.71. The summed E-state index contributed by atoms with van der Waals surface area (Å²) in [5.74, 6) is 2.28. The van der Waals surface area contributed by atoms with Gasteiger partial charge in [0.25, 0.3) is 0 Å². The topological polar surface area (TPSA) is 41.4 Å². The van der Waals surface area contributed by atoms with E-state index >= 15 is 0 Å². The molecule has 2 aliphatic heterocycles. The van der Waals surface area contributed by atoms with E-state index in [2.05, 4.69) is 19.4 Å². The molecular formula is C19H30N4O. The molecular weight excluding hydrogens is 300 g/mol. The summed E-state index contributed by atoms with van der Waals surface area (Å²) in [5, 5.41) is 0. The van der Waals surface area contributed by atoms with Gasteiger partial charge >= 0.3 is 0 Å². The molecule has 1 amide bonds. The van der Waals surface area contributed by atoms with Gasteiger partial charge in [0.15, 0.2) is 0 Å². The van der Waals surface area contributed by atoms with Crippen molar-refractivity contribution < 1.29 is 4.79 Å². The number of β-lactam (4-membered cyclic amide) rings is 1. The van der Waals surface area contributed by atoms with Crippen LogP contribution in [0, 0.1) is 11.3 Å². The summed E-state index contributed by atoms with van der Waals surface area (Å²) in [6.07, 6.45) is 12.8. The summed E-state index contributed by atoms with van der Waals surface area (Å²) in [6.45, 7) is 4.87. The van der Waals surface area contributed by atoms with Crippen molar-refractivity contribution in [2.45, 2.75) is 51.5 Å². The number of amides is 1. The molecule has 3 aliphatic rings. The molecule has 2 saturated heterocycles. The number of carbonyl (C=O) groups excluding carboxylic acids is 1. The third-order valence-electron chi connectivity index (χ3n) is 6.38. The number of imidazole rings is 1. The molecule has 24 heavy (non-hydrogen) atoms. The van der Waals surface area contributed by atoms with Crippen LogP contribution < -0.4 is 0 Å². The molecule has 5 heteroatoms. The van der Waals surface area contributed by atoms with Crippen molar-refractivity contribution in [1.82, 2.24) is 19.4 Å². The number of aryl methyl sites for hydroxylation is 1. The maximum absolute atomic E-state index is 12.9. The number of likely N-dealkylation sites (tertiary alicyclic amines) is 2. The first-order valence-corrected chi connectivity index (χ1v) is 9.64. The Hall–Kier alpha value is -1.36. The molecule has 1 aliphatic carbocycles. The van der Waals surface area contributed by atoms with Crippen LogP contribution in [0.25, 0.3) is 0 Å². The molecule has 1 spiro atoms. The molecule has 0 aromatic carbocycles. The third kappa shape index (κ3) is 2.99. The minimum absolute atomic E-state index is 0.0852. The molecule has 1 unspecified atom stereocenters. The zero-order valence-electron chi connectivity index (χ0n) is 14.9. The van der Waals surface area contributed by atoms with Gasteiger partial charge in [-0.05, 0) is 38.1 Å². The van der Waals surface area contributed by atoms with Crippen molar-refractivity contribution >= 4 is 5.91 Å². The third-order valence-corrected chi connectivity index (χ3v) is 6.38. The second kappa shape index (κ2) is 6.51. The average Bonchev–Trinajstić information content (AvgIpc) is 3.00. The molecule has 0 N–H and O–H groups in total. The van der Waals surface area contributed by atoms with E-state index in [9.17, 15) is 4.79 Å². The zero-order chi connectivity index (χ0) is 16.6. The minimum atomic E-state index is -0.0852. The maximum Gasteiger partial charge on any atom is 0.231 e. The Labute approximate surface area is 145 Å². The molecule has 1 saturated carbocycles. The highest BCUT2D eigenvalue weighted by Gasteiger charge is 2.53. The fourth-order valence-electron chi connectivity index (χ4n) is 4.99. The van der Waals surface area contributed by atoms with Crippen molar-refractivity contribution in [3.63, 3.8) is 0 Å². The SMILES string of the molecule is Cn1ccnc1CN1CCCC2(C1)CN(CC1CCCCC1)C2=O. The molecule has 1 aromatic heterocycles. The fourth-order valence-corrected chi connectivity index (χ4v) is 4.99. The smallest absolute Gasteiger partial charge is 0.231 e. The summed E-state index contributed by atoms with van der Waals surface area (Å²) < 4.78 is 2.08. The number of hydrogen-bond donors (Lipinski definition) is 0. The Morgan fingerprint density at radius 3 is 2.75 bits per heavy atom. The maximum atomic E-state index is 12.9. The van der Waals surface area contributed by atoms with E-state index in [1.807, 2.05) is 19.4 Å². The van der Waals surface area contributed by atoms with Gasteiger partial charge in [0.1, 0.15) is 5.82 Å². The van der Waals surface area contributed by atoms with Gasteiger partial charge in [0, 0.05) is 39.1 Å². The lowest BCUT2D eigenvalue weighted by Gasteiger charge is -2.54. The second-order valence-corrected chi connectivity index (χ2v) is 8.24. The summed E-state index contributed by atoms with van der Waals surface area (Å²) in [5.41, 5.74) is -0.0852. The Morgan fingerprint density at radius 1 is 1.21 bits per heavy atom. The van der Waals surface area contributed by atoms with Crippen LogP contribution in [0.15, 0.2) is 12.4 Å². The average molecular weight is 330 g/mol. The molecule has 3 heterocycles. The highest BCUT2D eigenvalue weighted by Crippen LogP contribution is 2.41. The Balaban J connectivity index is 1.34. The van der Waals surface area contributed by atoms with E-state index < -0.39 is 0 Å². The van der Waals surface area contributed by atoms with Crippen LogP contribution in [-0.4, -0.2) is 51.4 Å². The normalized spacial score (nSPS) is 29.2. The van der Waals surface area contributed by atoms with Crippen LogP contribution in [0.2, 0.25) is 0 Å². The standard InChI is InChI=1S/C19H30N4O/c1-21-11-9-20-17(21)13-22-10-5-8-19(14-22)15-23(18(19)24)12-16-6-3-2-4-7-16/h9,11,16H,2-8,10,12-15H2,1H3. The van der Waals surface area contributed by atoms with Gasteiger partial charge in [-0.2, -0.15) is 0 Å². The predicted molar refractivity (Wildman–Crippen MR) is 93.3 cm³/mol. The number of rotatable bonds is 4. The van der Waals surface area contributed by atoms with Gasteiger partial charge < -0.3 is 9.47 Å². The first kappa shape index (κ1) is 16.1. The number of hydrogen-bond acceptors (Lipinski definition) is 3. The lowest BCUT2D eigenvalue weighted by Crippen LogP contribution is -2.67. The van der Waals surface area contributed by atoms with E-state index in [0.29, 0.717) is 5.91 Å². The van der Waals surface area contributed by atoms with Crippen LogP contribution in [0.5, 0.6) is 0 Å². The highest BCUT2D eigenvalue weighted by atomic mass is 16.2. The van der Waals surface area contributed by atoms with Crippen LogP contribution in [-0.2, 0) is 18.4 Å². The minimum Gasteiger partial charge on any atom is -0.341 e. The molecule has 4 rings (SSSR count). The Morgan fingerprint density at radius 2 is 2.04 bits per heavy atom. The number of carbonyl (C=O) groups is 1. The van der Waals surface area contributed by atoms with E-state index in [1.54, 1.807) is 0 Å². The van der Waals surface area contributed by atoms with Crippen LogP contribution >= 0.6 is 0 Å². The van der Waals surface area contributed by atoms with Crippen LogP contribution in [0.3, 0.4) is 0 Å². The van der Waals surface area contributed by atoms with E-state index in [4.69, 9.17) is 0 Å². The largest absolute Gasteiger partial charge is 0.341 e. The van der Waals surface area contributed by atoms with Crippen molar-refractivity contribution in [3.05, 3.63) is 18.2 Å². The zero-order valence-corrected chi connectivity index (χ0v) is 14.9. The Bertz CT molecular complexity index is 592. The van der Waals surface area contributed by atoms with Gasteiger partial charge in [-0.25, -0.2) is 4.98 Å². The van der Waals surface area contributed by atoms with Gasteiger partial charge in [0.05, 0.1) is 12.0 Å². The number of aromatic nitrogens is 2. The van der Waals surface area contributed by atoms with E-state index in [-0.39, 0.29) is 5.41 Å². The monoisotopic (exact) mass is 330 g/mol. The van der Waals surface area contributed by atoms with E-state index in [1.165, 1.54) is 32.1 Å². The number of nitrogens with zero attached hydrogens (tertiary/aromatic N) is 4.